The van der Waals surface area contributed by atoms with Crippen molar-refractivity contribution in [1.82, 2.24) is 0 Å². The van der Waals surface area contributed by atoms with Gasteiger partial charge in [-0.3, -0.25) is 0 Å². The first-order valence-electron chi connectivity index (χ1n) is 6.70. The average molecular weight is 434 g/mol. The summed E-state index contributed by atoms with van der Waals surface area (Å²) in [4.78, 5) is 0. The zero-order valence-corrected chi connectivity index (χ0v) is 15.0. The van der Waals surface area contributed by atoms with Crippen LogP contribution in [0, 0.1) is 5.82 Å². The van der Waals surface area contributed by atoms with Gasteiger partial charge in [0.1, 0.15) is 5.82 Å². The first-order valence-corrected chi connectivity index (χ1v) is 8.66. The highest BCUT2D eigenvalue weighted by Crippen LogP contribution is 2.43. The van der Waals surface area contributed by atoms with Crippen molar-refractivity contribution in [2.24, 2.45) is 0 Å². The van der Waals surface area contributed by atoms with Gasteiger partial charge in [-0.2, -0.15) is 0 Å². The van der Waals surface area contributed by atoms with Crippen molar-refractivity contribution in [3.8, 4) is 0 Å². The third kappa shape index (κ3) is 3.27. The van der Waals surface area contributed by atoms with Crippen LogP contribution < -0.4 is 5.32 Å². The van der Waals surface area contributed by atoms with Gasteiger partial charge in [-0.15, -0.1) is 0 Å². The second-order valence-electron chi connectivity index (χ2n) is 5.28. The molecular weight excluding hydrogens is 420 g/mol. The highest BCUT2D eigenvalue weighted by atomic mass is 79.9. The molecule has 110 valence electrons. The summed E-state index contributed by atoms with van der Waals surface area (Å²) in [5.41, 5.74) is 2.12. The number of rotatable bonds is 3. The van der Waals surface area contributed by atoms with Crippen molar-refractivity contribution >= 4 is 49.1 Å². The topological polar surface area (TPSA) is 12.0 Å². The number of nitrogens with one attached hydrogen (secondary N) is 1. The van der Waals surface area contributed by atoms with Crippen LogP contribution in [0.2, 0.25) is 5.02 Å². The normalized spacial score (nSPS) is 21.0. The molecule has 0 aliphatic heterocycles. The van der Waals surface area contributed by atoms with Crippen LogP contribution in [0.1, 0.15) is 24.3 Å². The number of benzene rings is 2. The molecule has 1 N–H and O–H groups in total. The molecule has 1 saturated carbocycles. The number of anilines is 1. The van der Waals surface area contributed by atoms with E-state index >= 15 is 0 Å². The Morgan fingerprint density at radius 3 is 2.48 bits per heavy atom. The largest absolute Gasteiger partial charge is 0.380 e. The molecule has 1 aliphatic rings. The lowest BCUT2D eigenvalue weighted by atomic mass is 9.76. The van der Waals surface area contributed by atoms with E-state index in [2.05, 4.69) is 55.4 Å². The second-order valence-corrected chi connectivity index (χ2v) is 7.39. The summed E-state index contributed by atoms with van der Waals surface area (Å²) in [6.45, 7) is 0. The maximum Gasteiger partial charge on any atom is 0.125 e. The predicted molar refractivity (Wildman–Crippen MR) is 92.6 cm³/mol. The number of hydrogen-bond acceptors (Lipinski definition) is 1. The number of hydrogen-bond donors (Lipinski definition) is 1. The van der Waals surface area contributed by atoms with Crippen LogP contribution in [0.4, 0.5) is 10.1 Å². The van der Waals surface area contributed by atoms with Crippen LogP contribution in [-0.4, -0.2) is 6.04 Å². The van der Waals surface area contributed by atoms with E-state index in [0.29, 0.717) is 21.5 Å². The molecule has 3 rings (SSSR count). The van der Waals surface area contributed by atoms with Crippen LogP contribution >= 0.6 is 43.5 Å². The van der Waals surface area contributed by atoms with Crippen molar-refractivity contribution in [2.75, 3.05) is 5.32 Å². The molecule has 0 heterocycles. The van der Waals surface area contributed by atoms with Gasteiger partial charge in [-0.1, -0.05) is 45.7 Å². The van der Waals surface area contributed by atoms with E-state index in [4.69, 9.17) is 11.6 Å². The Balaban J connectivity index is 1.67. The van der Waals surface area contributed by atoms with Gasteiger partial charge in [0.2, 0.25) is 0 Å². The standard InChI is InChI=1S/C16H13Br2ClFN/c17-13-4-2-1-3-12(13)9-5-11(6-9)21-16-14(18)7-10(20)8-15(16)19/h1-4,7-9,11,21H,5-6H2. The molecular formula is C16H13Br2ClFN. The molecule has 2 aromatic carbocycles. The predicted octanol–water partition coefficient (Wildman–Crippen LogP) is 6.36. The first-order chi connectivity index (χ1) is 10.0. The molecule has 5 heteroatoms. The van der Waals surface area contributed by atoms with Crippen molar-refractivity contribution in [3.63, 3.8) is 0 Å². The average Bonchev–Trinajstić information content (AvgIpc) is 2.37. The maximum absolute atomic E-state index is 13.2. The van der Waals surface area contributed by atoms with Gasteiger partial charge in [0.15, 0.2) is 0 Å². The molecule has 21 heavy (non-hydrogen) atoms. The number of halogens is 4. The minimum Gasteiger partial charge on any atom is -0.380 e. The Morgan fingerprint density at radius 1 is 1.10 bits per heavy atom. The van der Waals surface area contributed by atoms with Gasteiger partial charge in [0, 0.05) is 15.0 Å². The fourth-order valence-corrected chi connectivity index (χ4v) is 4.21. The van der Waals surface area contributed by atoms with E-state index in [1.165, 1.54) is 17.7 Å². The molecule has 0 bridgehead atoms. The third-order valence-electron chi connectivity index (χ3n) is 3.84. The van der Waals surface area contributed by atoms with E-state index in [-0.39, 0.29) is 5.82 Å². The lowest BCUT2D eigenvalue weighted by Crippen LogP contribution is -2.34. The van der Waals surface area contributed by atoms with Gasteiger partial charge in [0.05, 0.1) is 10.7 Å². The van der Waals surface area contributed by atoms with E-state index in [9.17, 15) is 4.39 Å². The van der Waals surface area contributed by atoms with Gasteiger partial charge >= 0.3 is 0 Å². The van der Waals surface area contributed by atoms with Crippen molar-refractivity contribution in [1.29, 1.82) is 0 Å². The summed E-state index contributed by atoms with van der Waals surface area (Å²) in [5, 5.41) is 3.81. The van der Waals surface area contributed by atoms with Crippen LogP contribution in [-0.2, 0) is 0 Å². The van der Waals surface area contributed by atoms with Crippen molar-refractivity contribution < 1.29 is 4.39 Å². The Labute approximate surface area is 145 Å². The Bertz CT molecular complexity index is 648. The molecule has 1 aliphatic carbocycles. The minimum absolute atomic E-state index is 0.336. The van der Waals surface area contributed by atoms with E-state index < -0.39 is 0 Å². The van der Waals surface area contributed by atoms with Gasteiger partial charge < -0.3 is 5.32 Å². The fraction of sp³-hybridized carbons (Fsp3) is 0.250. The second kappa shape index (κ2) is 6.27. The first kappa shape index (κ1) is 15.3. The third-order valence-corrected chi connectivity index (χ3v) is 5.48. The highest BCUT2D eigenvalue weighted by molar-refractivity contribution is 9.10. The van der Waals surface area contributed by atoms with E-state index in [1.807, 2.05) is 6.07 Å². The molecule has 1 nitrogen and oxygen atoms in total. The lowest BCUT2D eigenvalue weighted by molar-refractivity contribution is 0.373. The van der Waals surface area contributed by atoms with Crippen molar-refractivity contribution in [3.05, 3.63) is 61.7 Å². The molecule has 0 spiro atoms. The van der Waals surface area contributed by atoms with E-state index in [1.54, 1.807) is 0 Å². The summed E-state index contributed by atoms with van der Waals surface area (Å²) in [6.07, 6.45) is 2.09. The van der Waals surface area contributed by atoms with Crippen LogP contribution in [0.5, 0.6) is 0 Å². The SMILES string of the molecule is Fc1cc(Cl)c(NC2CC(c3ccccc3Br)C2)c(Br)c1. The monoisotopic (exact) mass is 431 g/mol. The van der Waals surface area contributed by atoms with Gasteiger partial charge in [-0.05, 0) is 58.5 Å². The summed E-state index contributed by atoms with van der Waals surface area (Å²) in [6, 6.07) is 11.4. The molecule has 0 aromatic heterocycles. The quantitative estimate of drug-likeness (QED) is 0.594. The summed E-state index contributed by atoms with van der Waals surface area (Å²) < 4.78 is 15.0. The van der Waals surface area contributed by atoms with Gasteiger partial charge in [-0.25, -0.2) is 4.39 Å². The van der Waals surface area contributed by atoms with Gasteiger partial charge in [0.25, 0.3) is 0 Å². The smallest absolute Gasteiger partial charge is 0.125 e. The Morgan fingerprint density at radius 2 is 1.81 bits per heavy atom. The maximum atomic E-state index is 13.2. The van der Waals surface area contributed by atoms with Crippen molar-refractivity contribution in [2.45, 2.75) is 24.8 Å². The van der Waals surface area contributed by atoms with E-state index in [0.717, 1.165) is 23.0 Å². The summed E-state index contributed by atoms with van der Waals surface area (Å²) in [7, 11) is 0. The minimum atomic E-state index is -0.336. The van der Waals surface area contributed by atoms with Crippen LogP contribution in [0.3, 0.4) is 0 Å². The molecule has 0 radical (unpaired) electrons. The highest BCUT2D eigenvalue weighted by Gasteiger charge is 2.32. The van der Waals surface area contributed by atoms with Crippen LogP contribution in [0.25, 0.3) is 0 Å². The Hall–Kier alpha value is -0.580. The molecule has 0 amide bonds. The zero-order valence-electron chi connectivity index (χ0n) is 11.0. The molecule has 1 fully saturated rings. The summed E-state index contributed by atoms with van der Waals surface area (Å²) >= 11 is 13.1. The lowest BCUT2D eigenvalue weighted by Gasteiger charge is -2.37. The fourth-order valence-electron chi connectivity index (χ4n) is 2.68. The molecule has 0 atom stereocenters. The Kier molecular flexibility index (Phi) is 4.57. The van der Waals surface area contributed by atoms with Crippen LogP contribution in [0.15, 0.2) is 45.3 Å². The molecule has 2 aromatic rings. The zero-order chi connectivity index (χ0) is 15.0. The molecule has 0 saturated heterocycles. The summed E-state index contributed by atoms with van der Waals surface area (Å²) in [5.74, 6) is 0.216. The molecule has 0 unspecified atom stereocenters.